The average molecular weight is 376 g/mol. The Balaban J connectivity index is 1.84. The number of methoxy groups -OCH3 is 1. The monoisotopic (exact) mass is 375 g/mol. The molecule has 0 saturated heterocycles. The fourth-order valence-electron chi connectivity index (χ4n) is 2.66. The second-order valence-corrected chi connectivity index (χ2v) is 7.93. The molecule has 1 aromatic heterocycles. The summed E-state index contributed by atoms with van der Waals surface area (Å²) in [7, 11) is 1.67. The molecule has 26 heavy (non-hydrogen) atoms. The predicted molar refractivity (Wildman–Crippen MR) is 111 cm³/mol. The predicted octanol–water partition coefficient (Wildman–Crippen LogP) is 6.38. The van der Waals surface area contributed by atoms with E-state index in [0.717, 1.165) is 15.4 Å². The van der Waals surface area contributed by atoms with Crippen LogP contribution in [0.3, 0.4) is 0 Å². The molecule has 0 spiro atoms. The minimum atomic E-state index is 0.841. The number of rotatable bonds is 4. The minimum absolute atomic E-state index is 0.841. The van der Waals surface area contributed by atoms with Crippen LogP contribution in [0.15, 0.2) is 89.9 Å². The Morgan fingerprint density at radius 1 is 0.654 bits per heavy atom. The summed E-state index contributed by atoms with van der Waals surface area (Å²) in [6.45, 7) is 0. The molecule has 0 unspecified atom stereocenters. The van der Waals surface area contributed by atoms with Gasteiger partial charge in [0.25, 0.3) is 0 Å². The normalized spacial score (nSPS) is 10.5. The molecule has 4 rings (SSSR count). The van der Waals surface area contributed by atoms with Crippen molar-refractivity contribution in [2.24, 2.45) is 4.99 Å². The third-order valence-electron chi connectivity index (χ3n) is 3.95. The summed E-state index contributed by atoms with van der Waals surface area (Å²) in [5, 5.41) is 0. The van der Waals surface area contributed by atoms with Gasteiger partial charge in [-0.1, -0.05) is 60.7 Å². The van der Waals surface area contributed by atoms with Crippen LogP contribution >= 0.6 is 22.7 Å². The highest BCUT2D eigenvalue weighted by molar-refractivity contribution is 7.32. The van der Waals surface area contributed by atoms with E-state index in [1.54, 1.807) is 29.8 Å². The van der Waals surface area contributed by atoms with E-state index in [0.29, 0.717) is 0 Å². The van der Waals surface area contributed by atoms with Crippen LogP contribution in [0.5, 0.6) is 5.75 Å². The van der Waals surface area contributed by atoms with Crippen LogP contribution in [0.25, 0.3) is 20.9 Å². The van der Waals surface area contributed by atoms with E-state index < -0.39 is 0 Å². The van der Waals surface area contributed by atoms with Gasteiger partial charge in [0.2, 0.25) is 0 Å². The standard InChI is InChI=1S/C22H17NOS2/c1-24-19-14-12-18(13-15-19)23-22-25-20(16-8-4-2-5-9-16)21(26-22)17-10-6-3-7-11-17/h2-15H,1H3. The van der Waals surface area contributed by atoms with Crippen LogP contribution in [-0.2, 0) is 0 Å². The summed E-state index contributed by atoms with van der Waals surface area (Å²) >= 11 is 3.47. The Hall–Kier alpha value is -2.69. The van der Waals surface area contributed by atoms with Crippen molar-refractivity contribution in [1.82, 2.24) is 0 Å². The molecule has 1 heterocycles. The first-order valence-corrected chi connectivity index (χ1v) is 9.90. The highest BCUT2D eigenvalue weighted by Gasteiger charge is 2.12. The van der Waals surface area contributed by atoms with Crippen LogP contribution in [0, 0.1) is 0 Å². The van der Waals surface area contributed by atoms with Crippen molar-refractivity contribution < 1.29 is 4.74 Å². The molecule has 0 aliphatic heterocycles. The van der Waals surface area contributed by atoms with Gasteiger partial charge in [-0.25, -0.2) is 4.99 Å². The van der Waals surface area contributed by atoms with Crippen molar-refractivity contribution in [3.05, 3.63) is 88.9 Å². The first-order chi connectivity index (χ1) is 12.8. The van der Waals surface area contributed by atoms with Crippen LogP contribution < -0.4 is 8.72 Å². The number of hydrogen-bond acceptors (Lipinski definition) is 4. The number of nitrogens with zero attached hydrogens (tertiary/aromatic N) is 1. The van der Waals surface area contributed by atoms with Gasteiger partial charge in [0.05, 0.1) is 22.6 Å². The molecular weight excluding hydrogens is 358 g/mol. The summed E-state index contributed by atoms with van der Waals surface area (Å²) in [4.78, 5) is 7.35. The van der Waals surface area contributed by atoms with Gasteiger partial charge in [-0.15, -0.1) is 22.7 Å². The Bertz CT molecular complexity index is 989. The van der Waals surface area contributed by atoms with Crippen molar-refractivity contribution in [1.29, 1.82) is 0 Å². The summed E-state index contributed by atoms with van der Waals surface area (Å²) in [5.41, 5.74) is 3.38. The number of benzene rings is 3. The van der Waals surface area contributed by atoms with Crippen LogP contribution in [0.4, 0.5) is 5.69 Å². The molecule has 0 N–H and O–H groups in total. The van der Waals surface area contributed by atoms with E-state index >= 15 is 0 Å². The molecule has 0 fully saturated rings. The lowest BCUT2D eigenvalue weighted by Gasteiger charge is -2.02. The molecule has 3 aromatic carbocycles. The van der Waals surface area contributed by atoms with Gasteiger partial charge >= 0.3 is 0 Å². The van der Waals surface area contributed by atoms with Crippen molar-refractivity contribution in [2.45, 2.75) is 0 Å². The summed E-state index contributed by atoms with van der Waals surface area (Å²) in [6.07, 6.45) is 0. The van der Waals surface area contributed by atoms with Crippen molar-refractivity contribution in [3.63, 3.8) is 0 Å². The summed E-state index contributed by atoms with van der Waals surface area (Å²) < 4.78 is 6.26. The molecule has 4 aromatic rings. The van der Waals surface area contributed by atoms with E-state index in [1.807, 2.05) is 36.4 Å². The Morgan fingerprint density at radius 2 is 1.15 bits per heavy atom. The molecule has 4 heteroatoms. The van der Waals surface area contributed by atoms with Gasteiger partial charge in [0.15, 0.2) is 3.98 Å². The highest BCUT2D eigenvalue weighted by Crippen LogP contribution is 2.37. The Morgan fingerprint density at radius 3 is 1.62 bits per heavy atom. The van der Waals surface area contributed by atoms with E-state index in [-0.39, 0.29) is 0 Å². The zero-order chi connectivity index (χ0) is 17.8. The topological polar surface area (TPSA) is 21.6 Å². The summed E-state index contributed by atoms with van der Waals surface area (Å²) in [5.74, 6) is 0.841. The second-order valence-electron chi connectivity index (χ2n) is 5.67. The molecule has 0 saturated carbocycles. The van der Waals surface area contributed by atoms with Crippen LogP contribution in [0.2, 0.25) is 0 Å². The molecule has 0 amide bonds. The molecule has 0 aliphatic carbocycles. The minimum Gasteiger partial charge on any atom is -0.497 e. The third-order valence-corrected chi connectivity index (χ3v) is 6.40. The number of hydrogen-bond donors (Lipinski definition) is 0. The smallest absolute Gasteiger partial charge is 0.172 e. The van der Waals surface area contributed by atoms with Crippen LogP contribution in [0.1, 0.15) is 0 Å². The zero-order valence-electron chi connectivity index (χ0n) is 14.3. The van der Waals surface area contributed by atoms with E-state index in [4.69, 9.17) is 9.73 Å². The van der Waals surface area contributed by atoms with Gasteiger partial charge in [-0.3, -0.25) is 0 Å². The van der Waals surface area contributed by atoms with Gasteiger partial charge in [-0.05, 0) is 35.4 Å². The molecule has 0 atom stereocenters. The fraction of sp³-hybridized carbons (Fsp3) is 0.0455. The van der Waals surface area contributed by atoms with Crippen molar-refractivity contribution >= 4 is 28.4 Å². The molecule has 0 radical (unpaired) electrons. The largest absolute Gasteiger partial charge is 0.497 e. The maximum Gasteiger partial charge on any atom is 0.172 e. The van der Waals surface area contributed by atoms with Gasteiger partial charge in [0, 0.05) is 0 Å². The third kappa shape index (κ3) is 3.62. The quantitative estimate of drug-likeness (QED) is 0.405. The number of ether oxygens (including phenoxy) is 1. The summed E-state index contributed by atoms with van der Waals surface area (Å²) in [6, 6.07) is 28.9. The first kappa shape index (κ1) is 16.8. The van der Waals surface area contributed by atoms with Gasteiger partial charge in [-0.2, -0.15) is 0 Å². The van der Waals surface area contributed by atoms with E-state index in [1.165, 1.54) is 20.9 Å². The lowest BCUT2D eigenvalue weighted by atomic mass is 10.1. The lowest BCUT2D eigenvalue weighted by molar-refractivity contribution is 0.415. The van der Waals surface area contributed by atoms with Crippen molar-refractivity contribution in [2.75, 3.05) is 7.11 Å². The second kappa shape index (κ2) is 7.68. The van der Waals surface area contributed by atoms with Crippen LogP contribution in [-0.4, -0.2) is 7.11 Å². The molecule has 128 valence electrons. The van der Waals surface area contributed by atoms with Crippen molar-refractivity contribution in [3.8, 4) is 26.6 Å². The molecule has 2 nitrogen and oxygen atoms in total. The molecular formula is C22H17NOS2. The first-order valence-electron chi connectivity index (χ1n) is 8.27. The maximum absolute atomic E-state index is 5.22. The highest BCUT2D eigenvalue weighted by atomic mass is 32.2. The van der Waals surface area contributed by atoms with E-state index in [9.17, 15) is 0 Å². The zero-order valence-corrected chi connectivity index (χ0v) is 15.9. The maximum atomic E-state index is 5.22. The van der Waals surface area contributed by atoms with Gasteiger partial charge in [0.1, 0.15) is 5.75 Å². The lowest BCUT2D eigenvalue weighted by Crippen LogP contribution is -1.85. The SMILES string of the molecule is COc1ccc(N=c2sc(-c3ccccc3)c(-c3ccccc3)s2)cc1. The molecule has 0 aliphatic rings. The Labute approximate surface area is 160 Å². The van der Waals surface area contributed by atoms with Gasteiger partial charge < -0.3 is 4.74 Å². The average Bonchev–Trinajstić information content (AvgIpc) is 3.14. The molecule has 0 bridgehead atoms. The van der Waals surface area contributed by atoms with E-state index in [2.05, 4.69) is 48.5 Å². The Kier molecular flexibility index (Phi) is 4.95. The fourth-order valence-corrected chi connectivity index (χ4v) is 5.15.